The summed E-state index contributed by atoms with van der Waals surface area (Å²) in [7, 11) is 0. The zero-order valence-electron chi connectivity index (χ0n) is 16.3. The van der Waals surface area contributed by atoms with Crippen molar-refractivity contribution in [1.29, 1.82) is 5.26 Å². The van der Waals surface area contributed by atoms with Gasteiger partial charge >= 0.3 is 5.97 Å². The summed E-state index contributed by atoms with van der Waals surface area (Å²) in [6, 6.07) is 16.2. The van der Waals surface area contributed by atoms with Crippen LogP contribution < -0.4 is 15.8 Å². The quantitative estimate of drug-likeness (QED) is 0.543. The van der Waals surface area contributed by atoms with Crippen molar-refractivity contribution in [1.82, 2.24) is 15.0 Å². The van der Waals surface area contributed by atoms with E-state index in [4.69, 9.17) is 20.5 Å². The molecule has 1 aromatic heterocycles. The molecular weight excluding hydrogens is 384 g/mol. The Balaban J connectivity index is 1.57. The number of esters is 1. The lowest BCUT2D eigenvalue weighted by Gasteiger charge is -2.11. The van der Waals surface area contributed by atoms with Crippen LogP contribution in [0.1, 0.15) is 23.9 Å². The second-order valence-corrected chi connectivity index (χ2v) is 6.15. The Morgan fingerprint density at radius 2 is 1.90 bits per heavy atom. The van der Waals surface area contributed by atoms with E-state index >= 15 is 0 Å². The van der Waals surface area contributed by atoms with E-state index in [2.05, 4.69) is 20.3 Å². The third-order valence-corrected chi connectivity index (χ3v) is 4.05. The van der Waals surface area contributed by atoms with E-state index in [1.807, 2.05) is 37.3 Å². The van der Waals surface area contributed by atoms with Crippen LogP contribution in [0.25, 0.3) is 0 Å². The lowest BCUT2D eigenvalue weighted by Crippen LogP contribution is -2.16. The molecule has 1 heterocycles. The molecule has 0 spiro atoms. The van der Waals surface area contributed by atoms with Gasteiger partial charge in [-0.05, 0) is 42.3 Å². The fourth-order valence-electron chi connectivity index (χ4n) is 2.58. The summed E-state index contributed by atoms with van der Waals surface area (Å²) in [5, 5.41) is 11.9. The zero-order chi connectivity index (χ0) is 21.3. The van der Waals surface area contributed by atoms with Crippen LogP contribution in [-0.4, -0.2) is 27.5 Å². The molecule has 0 aliphatic heterocycles. The molecule has 9 nitrogen and oxygen atoms in total. The smallest absolute Gasteiger partial charge is 0.344 e. The molecule has 3 rings (SSSR count). The minimum Gasteiger partial charge on any atom is -0.482 e. The van der Waals surface area contributed by atoms with Crippen LogP contribution in [0.3, 0.4) is 0 Å². The highest BCUT2D eigenvalue weighted by atomic mass is 16.6. The average Bonchev–Trinajstić information content (AvgIpc) is 2.76. The van der Waals surface area contributed by atoms with Gasteiger partial charge in [0.05, 0.1) is 11.6 Å². The maximum Gasteiger partial charge on any atom is 0.344 e. The number of anilines is 3. The Hall–Kier alpha value is -4.19. The Kier molecular flexibility index (Phi) is 6.74. The van der Waals surface area contributed by atoms with Crippen LogP contribution in [0.5, 0.6) is 5.75 Å². The second-order valence-electron chi connectivity index (χ2n) is 6.15. The van der Waals surface area contributed by atoms with Gasteiger partial charge in [0.15, 0.2) is 19.0 Å². The second kappa shape index (κ2) is 9.84. The molecule has 0 aliphatic rings. The van der Waals surface area contributed by atoms with Gasteiger partial charge in [0.25, 0.3) is 0 Å². The summed E-state index contributed by atoms with van der Waals surface area (Å²) in [6.45, 7) is 1.58. The van der Waals surface area contributed by atoms with Crippen molar-refractivity contribution in [3.05, 3.63) is 65.5 Å². The first kappa shape index (κ1) is 20.5. The molecule has 3 N–H and O–H groups in total. The highest BCUT2D eigenvalue weighted by molar-refractivity contribution is 5.71. The topological polar surface area (TPSA) is 136 Å². The molecule has 0 bridgehead atoms. The number of rotatable bonds is 8. The number of nitrogens with two attached hydrogens (primary N) is 1. The number of carbonyl (C=O) groups is 1. The van der Waals surface area contributed by atoms with E-state index in [0.717, 1.165) is 17.7 Å². The first-order valence-corrected chi connectivity index (χ1v) is 9.21. The number of nitrogens with one attached hydrogen (secondary N) is 1. The fraction of sp³-hybridized carbons (Fsp3) is 0.190. The molecule has 0 saturated heterocycles. The van der Waals surface area contributed by atoms with E-state index in [0.29, 0.717) is 11.3 Å². The average molecular weight is 404 g/mol. The molecule has 0 radical (unpaired) electrons. The number of aromatic nitrogens is 3. The number of carbonyl (C=O) groups excluding carboxylic acids is 1. The highest BCUT2D eigenvalue weighted by Crippen LogP contribution is 2.19. The molecular formula is C21H20N6O3. The molecule has 2 aromatic carbocycles. The number of nitriles is 1. The molecule has 0 aliphatic carbocycles. The van der Waals surface area contributed by atoms with Crippen molar-refractivity contribution in [3.8, 4) is 11.8 Å². The van der Waals surface area contributed by atoms with E-state index in [9.17, 15) is 4.79 Å². The Labute approximate surface area is 173 Å². The summed E-state index contributed by atoms with van der Waals surface area (Å²) >= 11 is 0. The highest BCUT2D eigenvalue weighted by Gasteiger charge is 2.10. The SMILES string of the molecule is CCc1ccccc1Nc1nc(N)nc(COC(=O)COc2ccc(C#N)cc2)n1. The van der Waals surface area contributed by atoms with Crippen molar-refractivity contribution in [2.24, 2.45) is 0 Å². The summed E-state index contributed by atoms with van der Waals surface area (Å²) in [6.07, 6.45) is 0.841. The number of nitrogens with zero attached hydrogens (tertiary/aromatic N) is 4. The summed E-state index contributed by atoms with van der Waals surface area (Å²) in [4.78, 5) is 24.3. The minimum absolute atomic E-state index is 0.0151. The van der Waals surface area contributed by atoms with Crippen LogP contribution >= 0.6 is 0 Å². The standard InChI is InChI=1S/C21H20N6O3/c1-2-15-5-3-4-6-17(15)24-21-26-18(25-20(23)27-21)12-30-19(28)13-29-16-9-7-14(11-22)8-10-16/h3-10H,2,12-13H2,1H3,(H3,23,24,25,26,27). The van der Waals surface area contributed by atoms with Gasteiger partial charge in [-0.15, -0.1) is 0 Å². The molecule has 0 atom stereocenters. The lowest BCUT2D eigenvalue weighted by molar-refractivity contribution is -0.147. The van der Waals surface area contributed by atoms with Crippen LogP contribution in [0.15, 0.2) is 48.5 Å². The lowest BCUT2D eigenvalue weighted by atomic mass is 10.1. The predicted octanol–water partition coefficient (Wildman–Crippen LogP) is 2.75. The zero-order valence-corrected chi connectivity index (χ0v) is 16.3. The first-order chi connectivity index (χ1) is 14.6. The van der Waals surface area contributed by atoms with E-state index in [1.165, 1.54) is 0 Å². The van der Waals surface area contributed by atoms with Gasteiger partial charge in [-0.2, -0.15) is 20.2 Å². The molecule has 152 valence electrons. The predicted molar refractivity (Wildman–Crippen MR) is 110 cm³/mol. The maximum absolute atomic E-state index is 11.9. The fourth-order valence-corrected chi connectivity index (χ4v) is 2.58. The van der Waals surface area contributed by atoms with Gasteiger partial charge in [0.2, 0.25) is 11.9 Å². The Bertz CT molecular complexity index is 1060. The largest absolute Gasteiger partial charge is 0.482 e. The van der Waals surface area contributed by atoms with Gasteiger partial charge in [0, 0.05) is 5.69 Å². The number of para-hydroxylation sites is 1. The number of aryl methyl sites for hydroxylation is 1. The monoisotopic (exact) mass is 404 g/mol. The van der Waals surface area contributed by atoms with Gasteiger partial charge in [-0.25, -0.2) is 4.79 Å². The summed E-state index contributed by atoms with van der Waals surface area (Å²) < 4.78 is 10.5. The normalized spacial score (nSPS) is 10.1. The summed E-state index contributed by atoms with van der Waals surface area (Å²) in [5.74, 6) is 0.357. The molecule has 3 aromatic rings. The van der Waals surface area contributed by atoms with Crippen molar-refractivity contribution in [2.45, 2.75) is 20.0 Å². The van der Waals surface area contributed by atoms with Crippen LogP contribution in [0, 0.1) is 11.3 Å². The minimum atomic E-state index is -0.593. The molecule has 0 saturated carbocycles. The molecule has 0 amide bonds. The third kappa shape index (κ3) is 5.65. The van der Waals surface area contributed by atoms with E-state index < -0.39 is 5.97 Å². The van der Waals surface area contributed by atoms with Crippen molar-refractivity contribution < 1.29 is 14.3 Å². The number of hydrogen-bond donors (Lipinski definition) is 2. The van der Waals surface area contributed by atoms with Crippen molar-refractivity contribution in [3.63, 3.8) is 0 Å². The van der Waals surface area contributed by atoms with Gasteiger partial charge < -0.3 is 20.5 Å². The number of ether oxygens (including phenoxy) is 2. The van der Waals surface area contributed by atoms with Gasteiger partial charge in [-0.1, -0.05) is 25.1 Å². The van der Waals surface area contributed by atoms with Crippen molar-refractivity contribution in [2.75, 3.05) is 17.7 Å². The van der Waals surface area contributed by atoms with E-state index in [1.54, 1.807) is 24.3 Å². The van der Waals surface area contributed by atoms with E-state index in [-0.39, 0.29) is 30.9 Å². The number of nitrogen functional groups attached to an aromatic ring is 1. The molecule has 30 heavy (non-hydrogen) atoms. The van der Waals surface area contributed by atoms with Crippen LogP contribution in [0.2, 0.25) is 0 Å². The van der Waals surface area contributed by atoms with Crippen LogP contribution in [-0.2, 0) is 22.6 Å². The Morgan fingerprint density at radius 1 is 1.13 bits per heavy atom. The maximum atomic E-state index is 11.9. The number of hydrogen-bond acceptors (Lipinski definition) is 9. The number of benzene rings is 2. The summed E-state index contributed by atoms with van der Waals surface area (Å²) in [5.41, 5.74) is 8.23. The van der Waals surface area contributed by atoms with Crippen LogP contribution in [0.4, 0.5) is 17.6 Å². The third-order valence-electron chi connectivity index (χ3n) is 4.05. The van der Waals surface area contributed by atoms with Gasteiger partial charge in [-0.3, -0.25) is 0 Å². The van der Waals surface area contributed by atoms with Gasteiger partial charge in [0.1, 0.15) is 5.75 Å². The molecule has 9 heteroatoms. The molecule has 0 fully saturated rings. The molecule has 0 unspecified atom stereocenters. The van der Waals surface area contributed by atoms with Crippen molar-refractivity contribution >= 4 is 23.6 Å². The first-order valence-electron chi connectivity index (χ1n) is 9.21. The Morgan fingerprint density at radius 3 is 2.63 bits per heavy atom.